The molecule has 4 nitrogen and oxygen atoms in total. The minimum atomic E-state index is 0.755. The van der Waals surface area contributed by atoms with Crippen LogP contribution in [-0.2, 0) is 6.54 Å². The normalized spacial score (nSPS) is 19.2. The topological polar surface area (TPSA) is 41.3 Å². The maximum absolute atomic E-state index is 5.15. The van der Waals surface area contributed by atoms with E-state index in [1.54, 1.807) is 6.26 Å². The highest BCUT2D eigenvalue weighted by atomic mass is 16.3. The second-order valence-electron chi connectivity index (χ2n) is 3.38. The summed E-state index contributed by atoms with van der Waals surface area (Å²) in [6, 6.07) is 0. The molecule has 1 aromatic rings. The lowest BCUT2D eigenvalue weighted by atomic mass is 10.3. The van der Waals surface area contributed by atoms with Crippen LogP contribution in [-0.4, -0.2) is 36.1 Å². The van der Waals surface area contributed by atoms with E-state index in [4.69, 9.17) is 4.42 Å². The summed E-state index contributed by atoms with van der Waals surface area (Å²) in [4.78, 5) is 6.66. The van der Waals surface area contributed by atoms with E-state index in [9.17, 15) is 0 Å². The number of aryl methyl sites for hydroxylation is 1. The van der Waals surface area contributed by atoms with Crippen molar-refractivity contribution in [3.8, 4) is 0 Å². The zero-order chi connectivity index (χ0) is 9.10. The van der Waals surface area contributed by atoms with Gasteiger partial charge in [0, 0.05) is 39.6 Å². The van der Waals surface area contributed by atoms with Crippen molar-refractivity contribution < 1.29 is 4.42 Å². The van der Waals surface area contributed by atoms with Crippen molar-refractivity contribution in [2.24, 2.45) is 0 Å². The molecule has 72 valence electrons. The summed E-state index contributed by atoms with van der Waals surface area (Å²) in [7, 11) is 0. The molecule has 0 amide bonds. The molecule has 0 aliphatic carbocycles. The van der Waals surface area contributed by atoms with E-state index in [1.807, 2.05) is 6.92 Å². The lowest BCUT2D eigenvalue weighted by molar-refractivity contribution is 0.230. The van der Waals surface area contributed by atoms with Crippen LogP contribution in [0.1, 0.15) is 11.6 Å². The molecule has 1 aromatic heterocycles. The van der Waals surface area contributed by atoms with Gasteiger partial charge in [0.15, 0.2) is 5.89 Å². The third kappa shape index (κ3) is 2.29. The minimum Gasteiger partial charge on any atom is -0.449 e. The van der Waals surface area contributed by atoms with Crippen molar-refractivity contribution in [2.45, 2.75) is 13.5 Å². The summed E-state index contributed by atoms with van der Waals surface area (Å²) in [5.74, 6) is 0.755. The van der Waals surface area contributed by atoms with E-state index in [0.717, 1.165) is 44.3 Å². The van der Waals surface area contributed by atoms with Gasteiger partial charge in [0.2, 0.25) is 0 Å². The molecule has 0 saturated carbocycles. The average molecular weight is 181 g/mol. The standard InChI is InChI=1S/C9H15N3O/c1-8-11-9(7-13-8)6-12-4-2-10-3-5-12/h7,10H,2-6H2,1H3. The Morgan fingerprint density at radius 2 is 2.31 bits per heavy atom. The molecular formula is C9H15N3O. The maximum Gasteiger partial charge on any atom is 0.191 e. The second kappa shape index (κ2) is 3.89. The molecule has 1 aliphatic rings. The second-order valence-corrected chi connectivity index (χ2v) is 3.38. The summed E-state index contributed by atoms with van der Waals surface area (Å²) in [5.41, 5.74) is 1.04. The smallest absolute Gasteiger partial charge is 0.191 e. The van der Waals surface area contributed by atoms with Gasteiger partial charge in [-0.25, -0.2) is 4.98 Å². The van der Waals surface area contributed by atoms with Crippen LogP contribution in [0, 0.1) is 6.92 Å². The van der Waals surface area contributed by atoms with Crippen LogP contribution in [0.4, 0.5) is 0 Å². The SMILES string of the molecule is Cc1nc(CN2CCNCC2)co1. The van der Waals surface area contributed by atoms with Crippen LogP contribution >= 0.6 is 0 Å². The summed E-state index contributed by atoms with van der Waals surface area (Å²) in [6.07, 6.45) is 1.75. The number of piperazine rings is 1. The predicted molar refractivity (Wildman–Crippen MR) is 49.4 cm³/mol. The molecular weight excluding hydrogens is 166 g/mol. The zero-order valence-electron chi connectivity index (χ0n) is 7.92. The minimum absolute atomic E-state index is 0.755. The van der Waals surface area contributed by atoms with Crippen LogP contribution in [0.2, 0.25) is 0 Å². The van der Waals surface area contributed by atoms with E-state index >= 15 is 0 Å². The number of rotatable bonds is 2. The third-order valence-corrected chi connectivity index (χ3v) is 2.26. The molecule has 2 rings (SSSR count). The summed E-state index contributed by atoms with van der Waals surface area (Å²) in [6.45, 7) is 7.16. The molecule has 1 aliphatic heterocycles. The average Bonchev–Trinajstić information content (AvgIpc) is 2.53. The van der Waals surface area contributed by atoms with Gasteiger partial charge in [-0.3, -0.25) is 4.90 Å². The Bertz CT molecular complexity index is 266. The van der Waals surface area contributed by atoms with Crippen molar-refractivity contribution in [3.63, 3.8) is 0 Å². The first-order valence-corrected chi connectivity index (χ1v) is 4.69. The van der Waals surface area contributed by atoms with Gasteiger partial charge in [0.05, 0.1) is 5.69 Å². The molecule has 0 aromatic carbocycles. The summed E-state index contributed by atoms with van der Waals surface area (Å²) >= 11 is 0. The molecule has 13 heavy (non-hydrogen) atoms. The molecule has 1 N–H and O–H groups in total. The van der Waals surface area contributed by atoms with Crippen LogP contribution in [0.5, 0.6) is 0 Å². The van der Waals surface area contributed by atoms with Crippen LogP contribution in [0.25, 0.3) is 0 Å². The number of aromatic nitrogens is 1. The lowest BCUT2D eigenvalue weighted by Crippen LogP contribution is -2.42. The number of nitrogens with one attached hydrogen (secondary N) is 1. The molecule has 0 spiro atoms. The van der Waals surface area contributed by atoms with E-state index in [1.165, 1.54) is 0 Å². The van der Waals surface area contributed by atoms with Crippen molar-refractivity contribution in [1.82, 2.24) is 15.2 Å². The number of hydrogen-bond donors (Lipinski definition) is 1. The molecule has 1 saturated heterocycles. The molecule has 4 heteroatoms. The van der Waals surface area contributed by atoms with Gasteiger partial charge in [-0.05, 0) is 0 Å². The lowest BCUT2D eigenvalue weighted by Gasteiger charge is -2.25. The molecule has 1 fully saturated rings. The first-order valence-electron chi connectivity index (χ1n) is 4.69. The molecule has 2 heterocycles. The fourth-order valence-electron chi connectivity index (χ4n) is 1.58. The molecule has 0 unspecified atom stereocenters. The van der Waals surface area contributed by atoms with Gasteiger partial charge in [0.1, 0.15) is 6.26 Å². The van der Waals surface area contributed by atoms with Gasteiger partial charge >= 0.3 is 0 Å². The van der Waals surface area contributed by atoms with Gasteiger partial charge in [-0.1, -0.05) is 0 Å². The Labute approximate surface area is 77.9 Å². The van der Waals surface area contributed by atoms with Gasteiger partial charge < -0.3 is 9.73 Å². The fourth-order valence-corrected chi connectivity index (χ4v) is 1.58. The van der Waals surface area contributed by atoms with Crippen molar-refractivity contribution >= 4 is 0 Å². The highest BCUT2D eigenvalue weighted by molar-refractivity contribution is 4.95. The van der Waals surface area contributed by atoms with Crippen molar-refractivity contribution in [3.05, 3.63) is 17.8 Å². The Balaban J connectivity index is 1.89. The van der Waals surface area contributed by atoms with Crippen molar-refractivity contribution in [2.75, 3.05) is 26.2 Å². The number of oxazole rings is 1. The largest absolute Gasteiger partial charge is 0.449 e. The zero-order valence-corrected chi connectivity index (χ0v) is 7.92. The molecule has 0 radical (unpaired) electrons. The number of hydrogen-bond acceptors (Lipinski definition) is 4. The quantitative estimate of drug-likeness (QED) is 0.716. The van der Waals surface area contributed by atoms with Crippen LogP contribution in [0.15, 0.2) is 10.7 Å². The van der Waals surface area contributed by atoms with E-state index in [2.05, 4.69) is 15.2 Å². The Morgan fingerprint density at radius 1 is 1.54 bits per heavy atom. The molecule has 0 bridgehead atoms. The third-order valence-electron chi connectivity index (χ3n) is 2.26. The van der Waals surface area contributed by atoms with E-state index in [-0.39, 0.29) is 0 Å². The van der Waals surface area contributed by atoms with E-state index < -0.39 is 0 Å². The molecule has 0 atom stereocenters. The monoisotopic (exact) mass is 181 g/mol. The Morgan fingerprint density at radius 3 is 2.92 bits per heavy atom. The van der Waals surface area contributed by atoms with Crippen LogP contribution < -0.4 is 5.32 Å². The van der Waals surface area contributed by atoms with Gasteiger partial charge in [0.25, 0.3) is 0 Å². The Hall–Kier alpha value is -0.870. The number of nitrogens with zero attached hydrogens (tertiary/aromatic N) is 2. The van der Waals surface area contributed by atoms with Crippen LogP contribution in [0.3, 0.4) is 0 Å². The summed E-state index contributed by atoms with van der Waals surface area (Å²) < 4.78 is 5.15. The van der Waals surface area contributed by atoms with Gasteiger partial charge in [-0.2, -0.15) is 0 Å². The van der Waals surface area contributed by atoms with E-state index in [0.29, 0.717) is 0 Å². The van der Waals surface area contributed by atoms with Crippen molar-refractivity contribution in [1.29, 1.82) is 0 Å². The predicted octanol–water partition coefficient (Wildman–Crippen LogP) is 0.388. The fraction of sp³-hybridized carbons (Fsp3) is 0.667. The summed E-state index contributed by atoms with van der Waals surface area (Å²) in [5, 5.41) is 3.32. The maximum atomic E-state index is 5.15. The first kappa shape index (κ1) is 8.72. The van der Waals surface area contributed by atoms with Gasteiger partial charge in [-0.15, -0.1) is 0 Å². The highest BCUT2D eigenvalue weighted by Crippen LogP contribution is 2.05. The Kier molecular flexibility index (Phi) is 2.61. The highest BCUT2D eigenvalue weighted by Gasteiger charge is 2.11. The first-order chi connectivity index (χ1) is 6.34.